The van der Waals surface area contributed by atoms with Gasteiger partial charge in [-0.25, -0.2) is 4.79 Å². The third-order valence-corrected chi connectivity index (χ3v) is 5.60. The minimum Gasteiger partial charge on any atom is -0.427 e. The van der Waals surface area contributed by atoms with E-state index in [0.717, 1.165) is 12.0 Å². The molecule has 0 spiro atoms. The second kappa shape index (κ2) is 5.83. The largest absolute Gasteiger partial charge is 0.427 e. The van der Waals surface area contributed by atoms with Crippen molar-refractivity contribution in [3.63, 3.8) is 0 Å². The smallest absolute Gasteiger partial charge is 0.343 e. The normalized spacial score (nSPS) is 28.0. The maximum absolute atomic E-state index is 12.9. The Hall–Kier alpha value is -1.36. The van der Waals surface area contributed by atoms with Crippen LogP contribution in [-0.2, 0) is 9.94 Å². The van der Waals surface area contributed by atoms with E-state index < -0.39 is 17.0 Å². The predicted molar refractivity (Wildman–Crippen MR) is 96.5 cm³/mol. The van der Waals surface area contributed by atoms with E-state index in [-0.39, 0.29) is 5.41 Å². The fourth-order valence-corrected chi connectivity index (χ4v) is 4.58. The molecule has 1 saturated heterocycles. The van der Waals surface area contributed by atoms with E-state index in [4.69, 9.17) is 16.3 Å². The van der Waals surface area contributed by atoms with Crippen molar-refractivity contribution in [2.45, 2.75) is 65.0 Å². The second-order valence-corrected chi connectivity index (χ2v) is 9.31. The van der Waals surface area contributed by atoms with Crippen LogP contribution in [0.4, 0.5) is 0 Å². The lowest BCUT2D eigenvalue weighted by molar-refractivity contribution is -0.251. The van der Waals surface area contributed by atoms with Gasteiger partial charge in [0.25, 0.3) is 0 Å². The van der Waals surface area contributed by atoms with E-state index in [2.05, 4.69) is 13.8 Å². The highest BCUT2D eigenvalue weighted by atomic mass is 35.5. The molecule has 1 aliphatic heterocycles. The predicted octanol–water partition coefficient (Wildman–Crippen LogP) is 5.16. The van der Waals surface area contributed by atoms with E-state index in [1.54, 1.807) is 24.3 Å². The number of rotatable bonds is 2. The van der Waals surface area contributed by atoms with Gasteiger partial charge in [0, 0.05) is 17.0 Å². The van der Waals surface area contributed by atoms with Crippen LogP contribution < -0.4 is 0 Å². The molecule has 1 aromatic rings. The van der Waals surface area contributed by atoms with Crippen molar-refractivity contribution in [2.24, 2.45) is 5.41 Å². The maximum atomic E-state index is 12.9. The number of halogens is 1. The Bertz CT molecular complexity index is 736. The Morgan fingerprint density at radius 1 is 1.08 bits per heavy atom. The number of carbonyl (C=O) groups excluding carboxylic acids is 1. The number of allylic oxidation sites excluding steroid dienone is 1. The van der Waals surface area contributed by atoms with Gasteiger partial charge in [0.05, 0.1) is 11.1 Å². The fourth-order valence-electron chi connectivity index (χ4n) is 4.45. The lowest BCUT2D eigenvalue weighted by Gasteiger charge is -2.44. The summed E-state index contributed by atoms with van der Waals surface area (Å²) in [6.07, 6.45) is 2.03. The number of fused-ring (bicyclic) bond motifs is 1. The Morgan fingerprint density at radius 3 is 2.28 bits per heavy atom. The summed E-state index contributed by atoms with van der Waals surface area (Å²) in [5.74, 6) is 0.256. The number of carbonyl (C=O) groups is 1. The summed E-state index contributed by atoms with van der Waals surface area (Å²) in [5.41, 5.74) is 0.188. The van der Waals surface area contributed by atoms with Crippen molar-refractivity contribution >= 4 is 17.6 Å². The van der Waals surface area contributed by atoms with Gasteiger partial charge in [-0.3, -0.25) is 0 Å². The molecule has 0 aromatic heterocycles. The van der Waals surface area contributed by atoms with Gasteiger partial charge < -0.3 is 4.74 Å². The summed E-state index contributed by atoms with van der Waals surface area (Å²) >= 11 is 5.88. The molecule has 0 bridgehead atoms. The van der Waals surface area contributed by atoms with E-state index in [1.165, 1.54) is 5.06 Å². The molecule has 25 heavy (non-hydrogen) atoms. The summed E-state index contributed by atoms with van der Waals surface area (Å²) < 4.78 is 5.81. The van der Waals surface area contributed by atoms with E-state index in [0.29, 0.717) is 29.2 Å². The summed E-state index contributed by atoms with van der Waals surface area (Å²) in [5, 5.41) is 14.7. The Balaban J connectivity index is 1.98. The maximum Gasteiger partial charge on any atom is 0.343 e. The third kappa shape index (κ3) is 3.23. The van der Waals surface area contributed by atoms with Crippen LogP contribution in [-0.4, -0.2) is 22.1 Å². The van der Waals surface area contributed by atoms with Crippen LogP contribution in [0.3, 0.4) is 0 Å². The number of esters is 1. The van der Waals surface area contributed by atoms with Gasteiger partial charge in [-0.15, -0.1) is 10.3 Å². The zero-order valence-corrected chi connectivity index (χ0v) is 16.2. The van der Waals surface area contributed by atoms with Crippen LogP contribution in [0.1, 0.15) is 64.2 Å². The third-order valence-electron chi connectivity index (χ3n) is 5.35. The van der Waals surface area contributed by atoms with Crippen molar-refractivity contribution in [3.05, 3.63) is 46.2 Å². The number of ether oxygens (including phenoxy) is 1. The molecule has 0 saturated carbocycles. The quantitative estimate of drug-likeness (QED) is 0.683. The monoisotopic (exact) mass is 362 g/mol. The first kappa shape index (κ1) is 18.4. The minimum absolute atomic E-state index is 0.114. The SMILES string of the molecule is CC1(C)CC(OC(=O)c2ccc(Cl)cc2)=C2CC(C)(C)N([O])[C@]2(C)C1. The molecule has 1 aliphatic carbocycles. The number of benzene rings is 1. The van der Waals surface area contributed by atoms with Crippen LogP contribution in [0.5, 0.6) is 0 Å². The molecule has 1 radical (unpaired) electrons. The molecule has 5 heteroatoms. The summed E-state index contributed by atoms with van der Waals surface area (Å²) in [6.45, 7) is 10.1. The van der Waals surface area contributed by atoms with Crippen molar-refractivity contribution in [1.29, 1.82) is 0 Å². The number of hydrogen-bond acceptors (Lipinski definition) is 3. The van der Waals surface area contributed by atoms with Crippen LogP contribution in [0.15, 0.2) is 35.6 Å². The zero-order chi connectivity index (χ0) is 18.6. The molecule has 0 amide bonds. The molecular weight excluding hydrogens is 338 g/mol. The molecule has 0 unspecified atom stereocenters. The van der Waals surface area contributed by atoms with Gasteiger partial charge in [-0.05, 0) is 68.9 Å². The van der Waals surface area contributed by atoms with Crippen LogP contribution >= 0.6 is 11.6 Å². The fraction of sp³-hybridized carbons (Fsp3) is 0.550. The van der Waals surface area contributed by atoms with Crippen LogP contribution in [0, 0.1) is 5.41 Å². The Morgan fingerprint density at radius 2 is 1.68 bits per heavy atom. The summed E-state index contributed by atoms with van der Waals surface area (Å²) in [7, 11) is 0. The highest BCUT2D eigenvalue weighted by Gasteiger charge is 2.57. The van der Waals surface area contributed by atoms with Gasteiger partial charge in [0.15, 0.2) is 0 Å². The second-order valence-electron chi connectivity index (χ2n) is 8.87. The number of hydroxylamine groups is 2. The lowest BCUT2D eigenvalue weighted by atomic mass is 9.68. The number of hydrogen-bond donors (Lipinski definition) is 0. The van der Waals surface area contributed by atoms with Crippen molar-refractivity contribution in [1.82, 2.24) is 5.06 Å². The Labute approximate surface area is 154 Å². The Kier molecular flexibility index (Phi) is 4.30. The van der Waals surface area contributed by atoms with Gasteiger partial charge in [-0.1, -0.05) is 25.4 Å². The average Bonchev–Trinajstić information content (AvgIpc) is 2.67. The molecule has 0 N–H and O–H groups in total. The van der Waals surface area contributed by atoms with Crippen LogP contribution in [0.2, 0.25) is 5.02 Å². The van der Waals surface area contributed by atoms with Gasteiger partial charge >= 0.3 is 5.97 Å². The van der Waals surface area contributed by atoms with Crippen molar-refractivity contribution < 1.29 is 14.7 Å². The van der Waals surface area contributed by atoms with Gasteiger partial charge in [0.1, 0.15) is 5.76 Å². The molecular formula is C20H25ClNO3. The van der Waals surface area contributed by atoms with E-state index in [1.807, 2.05) is 20.8 Å². The van der Waals surface area contributed by atoms with Crippen molar-refractivity contribution in [2.75, 3.05) is 0 Å². The number of nitrogens with zero attached hydrogens (tertiary/aromatic N) is 1. The first-order chi connectivity index (χ1) is 11.4. The van der Waals surface area contributed by atoms with Crippen molar-refractivity contribution in [3.8, 4) is 0 Å². The van der Waals surface area contributed by atoms with Gasteiger partial charge in [-0.2, -0.15) is 0 Å². The molecule has 4 nitrogen and oxygen atoms in total. The molecule has 135 valence electrons. The molecule has 3 rings (SSSR count). The highest BCUT2D eigenvalue weighted by Crippen LogP contribution is 2.55. The van der Waals surface area contributed by atoms with Gasteiger partial charge in [0.2, 0.25) is 0 Å². The summed E-state index contributed by atoms with van der Waals surface area (Å²) in [6, 6.07) is 6.65. The standard InChI is InChI=1S/C20H25ClNO3/c1-18(2)11-16(25-17(23)13-6-8-14(21)9-7-13)15-10-19(3,4)22(24)20(15,5)12-18/h6-9H,10-12H2,1-5H3/t20-/m1/s1. The molecule has 2 aliphatic rings. The molecule has 1 aromatic carbocycles. The molecule has 1 heterocycles. The first-order valence-corrected chi connectivity index (χ1v) is 9.00. The van der Waals surface area contributed by atoms with E-state index >= 15 is 0 Å². The van der Waals surface area contributed by atoms with Crippen LogP contribution in [0.25, 0.3) is 0 Å². The molecule has 1 atom stereocenters. The highest BCUT2D eigenvalue weighted by molar-refractivity contribution is 6.30. The topological polar surface area (TPSA) is 49.4 Å². The lowest BCUT2D eigenvalue weighted by Crippen LogP contribution is -2.50. The van der Waals surface area contributed by atoms with E-state index in [9.17, 15) is 10.0 Å². The average molecular weight is 363 g/mol. The molecule has 1 fully saturated rings. The first-order valence-electron chi connectivity index (χ1n) is 8.62. The zero-order valence-electron chi connectivity index (χ0n) is 15.5. The minimum atomic E-state index is -0.624. The summed E-state index contributed by atoms with van der Waals surface area (Å²) in [4.78, 5) is 12.6.